The number of aryl methyl sites for hydroxylation is 1. The Morgan fingerprint density at radius 1 is 1.17 bits per heavy atom. The summed E-state index contributed by atoms with van der Waals surface area (Å²) in [6.45, 7) is 2.82. The van der Waals surface area contributed by atoms with E-state index in [1.807, 2.05) is 30.3 Å². The standard InChI is InChI=1S/C14H17N3O/c1-3-12-8-14(17-10-16-12)15-9-11-4-6-13(18-2)7-5-11/h4-8,10H,3,9H2,1-2H3,(H,15,16,17). The predicted molar refractivity (Wildman–Crippen MR) is 71.7 cm³/mol. The first-order chi connectivity index (χ1) is 8.81. The van der Waals surface area contributed by atoms with Crippen LogP contribution in [0.25, 0.3) is 0 Å². The summed E-state index contributed by atoms with van der Waals surface area (Å²) in [7, 11) is 1.67. The van der Waals surface area contributed by atoms with Crippen LogP contribution in [0.4, 0.5) is 5.82 Å². The Balaban J connectivity index is 1.97. The number of hydrogen-bond acceptors (Lipinski definition) is 4. The Morgan fingerprint density at radius 3 is 2.61 bits per heavy atom. The first-order valence-electron chi connectivity index (χ1n) is 5.99. The van der Waals surface area contributed by atoms with Crippen molar-refractivity contribution in [3.05, 3.63) is 47.9 Å². The molecule has 0 bridgehead atoms. The second-order valence-corrected chi connectivity index (χ2v) is 3.95. The maximum atomic E-state index is 5.12. The van der Waals surface area contributed by atoms with E-state index in [2.05, 4.69) is 22.2 Å². The molecular formula is C14H17N3O. The molecule has 0 spiro atoms. The van der Waals surface area contributed by atoms with Crippen LogP contribution in [0, 0.1) is 0 Å². The van der Waals surface area contributed by atoms with Crippen LogP contribution in [0.2, 0.25) is 0 Å². The third kappa shape index (κ3) is 3.20. The molecule has 0 aliphatic heterocycles. The van der Waals surface area contributed by atoms with Crippen LogP contribution in [0.3, 0.4) is 0 Å². The van der Waals surface area contributed by atoms with Gasteiger partial charge in [-0.1, -0.05) is 19.1 Å². The second-order valence-electron chi connectivity index (χ2n) is 3.95. The summed E-state index contributed by atoms with van der Waals surface area (Å²) in [5.41, 5.74) is 2.23. The van der Waals surface area contributed by atoms with Gasteiger partial charge < -0.3 is 10.1 Å². The Labute approximate surface area is 107 Å². The fourth-order valence-corrected chi connectivity index (χ4v) is 1.62. The number of aromatic nitrogens is 2. The molecule has 1 N–H and O–H groups in total. The van der Waals surface area contributed by atoms with Gasteiger partial charge in [0.05, 0.1) is 7.11 Å². The molecule has 18 heavy (non-hydrogen) atoms. The van der Waals surface area contributed by atoms with Crippen LogP contribution in [-0.2, 0) is 13.0 Å². The lowest BCUT2D eigenvalue weighted by Gasteiger charge is -2.07. The second kappa shape index (κ2) is 6.00. The average molecular weight is 243 g/mol. The number of rotatable bonds is 5. The maximum Gasteiger partial charge on any atom is 0.129 e. The van der Waals surface area contributed by atoms with Gasteiger partial charge in [-0.2, -0.15) is 0 Å². The Morgan fingerprint density at radius 2 is 1.94 bits per heavy atom. The van der Waals surface area contributed by atoms with Gasteiger partial charge in [-0.3, -0.25) is 0 Å². The van der Waals surface area contributed by atoms with Crippen molar-refractivity contribution in [1.82, 2.24) is 9.97 Å². The summed E-state index contributed by atoms with van der Waals surface area (Å²) < 4.78 is 5.12. The average Bonchev–Trinajstić information content (AvgIpc) is 2.46. The molecule has 0 saturated carbocycles. The molecule has 0 atom stereocenters. The molecule has 2 aromatic rings. The van der Waals surface area contributed by atoms with E-state index in [9.17, 15) is 0 Å². The zero-order chi connectivity index (χ0) is 12.8. The van der Waals surface area contributed by atoms with Crippen molar-refractivity contribution < 1.29 is 4.74 Å². The highest BCUT2D eigenvalue weighted by Gasteiger charge is 1.98. The number of ether oxygens (including phenoxy) is 1. The van der Waals surface area contributed by atoms with E-state index in [1.165, 1.54) is 5.56 Å². The first-order valence-corrected chi connectivity index (χ1v) is 5.99. The molecule has 1 aromatic carbocycles. The van der Waals surface area contributed by atoms with E-state index in [0.29, 0.717) is 0 Å². The fourth-order valence-electron chi connectivity index (χ4n) is 1.62. The molecule has 0 amide bonds. The number of nitrogens with one attached hydrogen (secondary N) is 1. The molecule has 4 nitrogen and oxygen atoms in total. The normalized spacial score (nSPS) is 10.1. The third-order valence-corrected chi connectivity index (χ3v) is 2.72. The molecule has 1 heterocycles. The van der Waals surface area contributed by atoms with Crippen molar-refractivity contribution in [3.63, 3.8) is 0 Å². The highest BCUT2D eigenvalue weighted by atomic mass is 16.5. The maximum absolute atomic E-state index is 5.12. The van der Waals surface area contributed by atoms with E-state index < -0.39 is 0 Å². The van der Waals surface area contributed by atoms with Crippen LogP contribution in [0.1, 0.15) is 18.2 Å². The van der Waals surface area contributed by atoms with Gasteiger partial charge in [-0.25, -0.2) is 9.97 Å². The van der Waals surface area contributed by atoms with Gasteiger partial charge in [0.15, 0.2) is 0 Å². The minimum atomic E-state index is 0.740. The fraction of sp³-hybridized carbons (Fsp3) is 0.286. The molecule has 4 heteroatoms. The molecular weight excluding hydrogens is 226 g/mol. The van der Waals surface area contributed by atoms with Gasteiger partial charge in [0.1, 0.15) is 17.9 Å². The lowest BCUT2D eigenvalue weighted by Crippen LogP contribution is -2.02. The zero-order valence-electron chi connectivity index (χ0n) is 10.7. The molecule has 0 radical (unpaired) electrons. The Bertz CT molecular complexity index is 497. The minimum Gasteiger partial charge on any atom is -0.497 e. The van der Waals surface area contributed by atoms with Crippen molar-refractivity contribution >= 4 is 5.82 Å². The number of anilines is 1. The van der Waals surface area contributed by atoms with Gasteiger partial charge in [-0.05, 0) is 24.1 Å². The third-order valence-electron chi connectivity index (χ3n) is 2.72. The van der Waals surface area contributed by atoms with Gasteiger partial charge in [0, 0.05) is 18.3 Å². The summed E-state index contributed by atoms with van der Waals surface area (Å²) in [6.07, 6.45) is 2.51. The summed E-state index contributed by atoms with van der Waals surface area (Å²) in [4.78, 5) is 8.36. The monoisotopic (exact) mass is 243 g/mol. The molecule has 0 unspecified atom stereocenters. The molecule has 94 valence electrons. The largest absolute Gasteiger partial charge is 0.497 e. The highest BCUT2D eigenvalue weighted by Crippen LogP contribution is 2.12. The lowest BCUT2D eigenvalue weighted by atomic mass is 10.2. The zero-order valence-corrected chi connectivity index (χ0v) is 10.7. The van der Waals surface area contributed by atoms with Crippen LogP contribution < -0.4 is 10.1 Å². The van der Waals surface area contributed by atoms with Crippen LogP contribution >= 0.6 is 0 Å². The summed E-state index contributed by atoms with van der Waals surface area (Å²) in [5.74, 6) is 1.73. The van der Waals surface area contributed by atoms with Crippen molar-refractivity contribution in [2.24, 2.45) is 0 Å². The summed E-state index contributed by atoms with van der Waals surface area (Å²) >= 11 is 0. The summed E-state index contributed by atoms with van der Waals surface area (Å²) in [6, 6.07) is 9.95. The molecule has 2 rings (SSSR count). The topological polar surface area (TPSA) is 47.0 Å². The Kier molecular flexibility index (Phi) is 4.12. The number of benzene rings is 1. The molecule has 0 saturated heterocycles. The number of nitrogens with zero attached hydrogens (tertiary/aromatic N) is 2. The van der Waals surface area contributed by atoms with E-state index in [4.69, 9.17) is 4.74 Å². The van der Waals surface area contributed by atoms with Crippen molar-refractivity contribution in [2.75, 3.05) is 12.4 Å². The SMILES string of the molecule is CCc1cc(NCc2ccc(OC)cc2)ncn1. The predicted octanol–water partition coefficient (Wildman–Crippen LogP) is 2.66. The van der Waals surface area contributed by atoms with E-state index in [-0.39, 0.29) is 0 Å². The number of methoxy groups -OCH3 is 1. The molecule has 0 aliphatic carbocycles. The van der Waals surface area contributed by atoms with Gasteiger partial charge >= 0.3 is 0 Å². The van der Waals surface area contributed by atoms with Crippen molar-refractivity contribution in [2.45, 2.75) is 19.9 Å². The quantitative estimate of drug-likeness (QED) is 0.877. The summed E-state index contributed by atoms with van der Waals surface area (Å²) in [5, 5.41) is 3.28. The van der Waals surface area contributed by atoms with E-state index in [0.717, 1.165) is 30.2 Å². The van der Waals surface area contributed by atoms with Gasteiger partial charge in [-0.15, -0.1) is 0 Å². The minimum absolute atomic E-state index is 0.740. The van der Waals surface area contributed by atoms with Crippen LogP contribution in [0.15, 0.2) is 36.7 Å². The van der Waals surface area contributed by atoms with Gasteiger partial charge in [0.2, 0.25) is 0 Å². The van der Waals surface area contributed by atoms with Crippen LogP contribution in [0.5, 0.6) is 5.75 Å². The molecule has 1 aromatic heterocycles. The highest BCUT2D eigenvalue weighted by molar-refractivity contribution is 5.37. The number of hydrogen-bond donors (Lipinski definition) is 1. The smallest absolute Gasteiger partial charge is 0.129 e. The van der Waals surface area contributed by atoms with Crippen LogP contribution in [-0.4, -0.2) is 17.1 Å². The van der Waals surface area contributed by atoms with Crippen molar-refractivity contribution in [1.29, 1.82) is 0 Å². The van der Waals surface area contributed by atoms with E-state index in [1.54, 1.807) is 13.4 Å². The molecule has 0 aliphatic rings. The van der Waals surface area contributed by atoms with E-state index >= 15 is 0 Å². The van der Waals surface area contributed by atoms with Crippen molar-refractivity contribution in [3.8, 4) is 5.75 Å². The Hall–Kier alpha value is -2.10. The van der Waals surface area contributed by atoms with Gasteiger partial charge in [0.25, 0.3) is 0 Å². The first kappa shape index (κ1) is 12.4. The molecule has 0 fully saturated rings. The lowest BCUT2D eigenvalue weighted by molar-refractivity contribution is 0.414.